The van der Waals surface area contributed by atoms with Crippen LogP contribution in [0.2, 0.25) is 0 Å². The largest absolute Gasteiger partial charge is 0.446 e. The van der Waals surface area contributed by atoms with Gasteiger partial charge in [0.15, 0.2) is 0 Å². The van der Waals surface area contributed by atoms with Gasteiger partial charge in [-0.15, -0.1) is 22.7 Å². The number of likely N-dealkylation sites (tertiary alicyclic amines) is 1. The molecule has 0 aromatic carbocycles. The van der Waals surface area contributed by atoms with Gasteiger partial charge in [0.05, 0.1) is 5.56 Å². The van der Waals surface area contributed by atoms with Crippen LogP contribution < -0.4 is 5.32 Å². The second-order valence-corrected chi connectivity index (χ2v) is 8.83. The lowest BCUT2D eigenvalue weighted by Gasteiger charge is -2.32. The summed E-state index contributed by atoms with van der Waals surface area (Å²) in [6.45, 7) is 1.53. The predicted octanol–water partition coefficient (Wildman–Crippen LogP) is 4.03. The molecule has 3 heterocycles. The van der Waals surface area contributed by atoms with Crippen LogP contribution in [-0.4, -0.2) is 36.1 Å². The number of fused-ring (bicyclic) bond motifs is 1. The third-order valence-corrected chi connectivity index (χ3v) is 6.90. The number of ether oxygens (including phenoxy) is 1. The van der Waals surface area contributed by atoms with Crippen molar-refractivity contribution in [1.82, 2.24) is 4.90 Å². The lowest BCUT2D eigenvalue weighted by Crippen LogP contribution is -2.44. The molecule has 1 aliphatic carbocycles. The first-order valence-corrected chi connectivity index (χ1v) is 10.9. The van der Waals surface area contributed by atoms with Crippen molar-refractivity contribution in [2.75, 3.05) is 18.4 Å². The highest BCUT2D eigenvalue weighted by Crippen LogP contribution is 2.38. The van der Waals surface area contributed by atoms with Crippen LogP contribution in [0.5, 0.6) is 0 Å². The van der Waals surface area contributed by atoms with Gasteiger partial charge >= 0.3 is 6.09 Å². The summed E-state index contributed by atoms with van der Waals surface area (Å²) in [4.78, 5) is 28.0. The van der Waals surface area contributed by atoms with Crippen molar-refractivity contribution in [2.24, 2.45) is 0 Å². The Labute approximate surface area is 171 Å². The zero-order chi connectivity index (χ0) is 19.5. The SMILES string of the molecule is N#Cc1c(NC(=O)C=Cc2cccs2)sc2c1CCC(OC(=O)N1CCC1)C2. The van der Waals surface area contributed by atoms with E-state index in [4.69, 9.17) is 4.74 Å². The van der Waals surface area contributed by atoms with Crippen molar-refractivity contribution in [1.29, 1.82) is 5.26 Å². The van der Waals surface area contributed by atoms with Gasteiger partial charge in [0.1, 0.15) is 17.2 Å². The van der Waals surface area contributed by atoms with Crippen molar-refractivity contribution in [2.45, 2.75) is 31.8 Å². The summed E-state index contributed by atoms with van der Waals surface area (Å²) in [6.07, 6.45) is 5.81. The van der Waals surface area contributed by atoms with Gasteiger partial charge in [-0.05, 0) is 42.3 Å². The van der Waals surface area contributed by atoms with E-state index in [1.165, 1.54) is 17.4 Å². The number of anilines is 1. The zero-order valence-corrected chi connectivity index (χ0v) is 16.8. The third-order valence-electron chi connectivity index (χ3n) is 4.89. The summed E-state index contributed by atoms with van der Waals surface area (Å²) in [5.41, 5.74) is 1.51. The topological polar surface area (TPSA) is 82.4 Å². The number of carbonyl (C=O) groups excluding carboxylic acids is 2. The average Bonchev–Trinajstić information content (AvgIpc) is 3.25. The standard InChI is InChI=1S/C20H19N3O3S2/c21-12-16-15-6-4-13(26-20(25)23-8-2-9-23)11-17(15)28-19(16)22-18(24)7-5-14-3-1-10-27-14/h1,3,5,7,10,13H,2,4,6,8-9,11H2,(H,22,24). The molecule has 1 N–H and O–H groups in total. The van der Waals surface area contributed by atoms with Crippen LogP contribution in [0.15, 0.2) is 23.6 Å². The van der Waals surface area contributed by atoms with Crippen LogP contribution in [0.3, 0.4) is 0 Å². The molecule has 2 aliphatic rings. The summed E-state index contributed by atoms with van der Waals surface area (Å²) in [5.74, 6) is -0.260. The highest BCUT2D eigenvalue weighted by molar-refractivity contribution is 7.16. The molecule has 4 rings (SSSR count). The lowest BCUT2D eigenvalue weighted by atomic mass is 9.94. The molecule has 6 nitrogen and oxygen atoms in total. The fraction of sp³-hybridized carbons (Fsp3) is 0.350. The van der Waals surface area contributed by atoms with Gasteiger partial charge in [0.2, 0.25) is 5.91 Å². The molecule has 8 heteroatoms. The summed E-state index contributed by atoms with van der Waals surface area (Å²) >= 11 is 2.96. The fourth-order valence-corrected chi connectivity index (χ4v) is 5.16. The smallest absolute Gasteiger partial charge is 0.410 e. The molecular formula is C20H19N3O3S2. The second kappa shape index (κ2) is 8.17. The van der Waals surface area contributed by atoms with Crippen LogP contribution in [-0.2, 0) is 22.4 Å². The Kier molecular flexibility index (Phi) is 5.46. The average molecular weight is 414 g/mol. The molecule has 2 aromatic rings. The Balaban J connectivity index is 1.43. The Morgan fingerprint density at radius 1 is 1.39 bits per heavy atom. The minimum Gasteiger partial charge on any atom is -0.446 e. The van der Waals surface area contributed by atoms with Crippen LogP contribution in [0.1, 0.15) is 33.7 Å². The van der Waals surface area contributed by atoms with E-state index in [0.717, 1.165) is 34.8 Å². The molecule has 2 amide bonds. The maximum Gasteiger partial charge on any atom is 0.410 e. The van der Waals surface area contributed by atoms with E-state index >= 15 is 0 Å². The summed E-state index contributed by atoms with van der Waals surface area (Å²) in [6, 6.07) is 6.08. The normalized spacial score (nSPS) is 18.2. The first-order chi connectivity index (χ1) is 13.6. The molecule has 144 valence electrons. The van der Waals surface area contributed by atoms with E-state index in [9.17, 15) is 14.9 Å². The molecule has 0 radical (unpaired) electrons. The van der Waals surface area contributed by atoms with Crippen molar-refractivity contribution < 1.29 is 14.3 Å². The monoisotopic (exact) mass is 413 g/mol. The second-order valence-electron chi connectivity index (χ2n) is 6.75. The van der Waals surface area contributed by atoms with Gasteiger partial charge in [-0.25, -0.2) is 4.79 Å². The number of nitrogens with zero attached hydrogens (tertiary/aromatic N) is 2. The van der Waals surface area contributed by atoms with Crippen LogP contribution in [0.4, 0.5) is 9.80 Å². The predicted molar refractivity (Wildman–Crippen MR) is 110 cm³/mol. The van der Waals surface area contributed by atoms with Crippen molar-refractivity contribution >= 4 is 45.8 Å². The molecule has 28 heavy (non-hydrogen) atoms. The Morgan fingerprint density at radius 3 is 2.93 bits per heavy atom. The molecular weight excluding hydrogens is 394 g/mol. The van der Waals surface area contributed by atoms with Crippen LogP contribution in [0, 0.1) is 11.3 Å². The molecule has 0 bridgehead atoms. The van der Waals surface area contributed by atoms with Gasteiger partial charge in [-0.3, -0.25) is 4.79 Å². The molecule has 1 fully saturated rings. The summed E-state index contributed by atoms with van der Waals surface area (Å²) in [5, 5.41) is 14.9. The third kappa shape index (κ3) is 3.96. The molecule has 2 aromatic heterocycles. The number of carbonyl (C=O) groups is 2. The number of amides is 2. The highest BCUT2D eigenvalue weighted by atomic mass is 32.1. The molecule has 0 saturated carbocycles. The van der Waals surface area contributed by atoms with Gasteiger partial charge < -0.3 is 15.0 Å². The first kappa shape index (κ1) is 18.7. The van der Waals surface area contributed by atoms with Crippen LogP contribution >= 0.6 is 22.7 Å². The quantitative estimate of drug-likeness (QED) is 0.767. The van der Waals surface area contributed by atoms with E-state index in [1.54, 1.807) is 22.3 Å². The molecule has 1 unspecified atom stereocenters. The summed E-state index contributed by atoms with van der Waals surface area (Å²) < 4.78 is 5.61. The van der Waals surface area contributed by atoms with E-state index in [2.05, 4.69) is 11.4 Å². The number of hydrogen-bond donors (Lipinski definition) is 1. The van der Waals surface area contributed by atoms with Gasteiger partial charge in [-0.2, -0.15) is 5.26 Å². The minimum atomic E-state index is -0.260. The maximum absolute atomic E-state index is 12.2. The number of nitrogens with one attached hydrogen (secondary N) is 1. The summed E-state index contributed by atoms with van der Waals surface area (Å²) in [7, 11) is 0. The van der Waals surface area contributed by atoms with E-state index in [0.29, 0.717) is 29.8 Å². The Morgan fingerprint density at radius 2 is 2.25 bits per heavy atom. The number of rotatable bonds is 4. The fourth-order valence-electron chi connectivity index (χ4n) is 3.28. The van der Waals surface area contributed by atoms with E-state index in [-0.39, 0.29) is 18.1 Å². The zero-order valence-electron chi connectivity index (χ0n) is 15.1. The Bertz CT molecular complexity index is 952. The molecule has 1 aliphatic heterocycles. The Hall–Kier alpha value is -2.63. The number of thiophene rings is 2. The molecule has 1 saturated heterocycles. The van der Waals surface area contributed by atoms with Crippen molar-refractivity contribution in [3.8, 4) is 6.07 Å². The van der Waals surface area contributed by atoms with Gasteiger partial charge in [0, 0.05) is 35.3 Å². The van der Waals surface area contributed by atoms with E-state index < -0.39 is 0 Å². The number of nitriles is 1. The van der Waals surface area contributed by atoms with E-state index in [1.807, 2.05) is 17.5 Å². The van der Waals surface area contributed by atoms with Gasteiger partial charge in [0.25, 0.3) is 0 Å². The van der Waals surface area contributed by atoms with Crippen molar-refractivity contribution in [3.63, 3.8) is 0 Å². The minimum absolute atomic E-state index is 0.173. The highest BCUT2D eigenvalue weighted by Gasteiger charge is 2.30. The molecule has 1 atom stereocenters. The maximum atomic E-state index is 12.2. The molecule has 0 spiro atoms. The van der Waals surface area contributed by atoms with Gasteiger partial charge in [-0.1, -0.05) is 6.07 Å². The lowest BCUT2D eigenvalue weighted by molar-refractivity contribution is -0.111. The first-order valence-electron chi connectivity index (χ1n) is 9.17. The van der Waals surface area contributed by atoms with Crippen molar-refractivity contribution in [3.05, 3.63) is 44.5 Å². The number of hydrogen-bond acceptors (Lipinski definition) is 6. The van der Waals surface area contributed by atoms with Crippen LogP contribution in [0.25, 0.3) is 6.08 Å².